The van der Waals surface area contributed by atoms with E-state index in [9.17, 15) is 4.79 Å². The summed E-state index contributed by atoms with van der Waals surface area (Å²) in [5, 5.41) is 0. The van der Waals surface area contributed by atoms with Gasteiger partial charge < -0.3 is 4.74 Å². The summed E-state index contributed by atoms with van der Waals surface area (Å²) in [7, 11) is 0. The van der Waals surface area contributed by atoms with Crippen LogP contribution in [-0.2, 0) is 9.53 Å². The van der Waals surface area contributed by atoms with E-state index in [1.54, 1.807) is 13.0 Å². The van der Waals surface area contributed by atoms with Gasteiger partial charge in [-0.1, -0.05) is 70.8 Å². The van der Waals surface area contributed by atoms with Crippen molar-refractivity contribution in [2.75, 3.05) is 6.61 Å². The van der Waals surface area contributed by atoms with E-state index in [1.807, 2.05) is 6.92 Å². The van der Waals surface area contributed by atoms with Crippen LogP contribution in [0.1, 0.15) is 85.0 Å². The molecular formula is C17H32O2. The molecule has 0 amide bonds. The first kappa shape index (κ1) is 18.2. The fourth-order valence-corrected chi connectivity index (χ4v) is 1.99. The van der Waals surface area contributed by atoms with E-state index < -0.39 is 0 Å². The molecule has 0 aromatic carbocycles. The number of ether oxygens (including phenoxy) is 1. The molecule has 0 unspecified atom stereocenters. The van der Waals surface area contributed by atoms with Gasteiger partial charge in [-0.25, -0.2) is 4.79 Å². The fourth-order valence-electron chi connectivity index (χ4n) is 1.99. The lowest BCUT2D eigenvalue weighted by Gasteiger charge is -2.05. The smallest absolute Gasteiger partial charge is 0.333 e. The van der Waals surface area contributed by atoms with Crippen LogP contribution >= 0.6 is 0 Å². The molecule has 0 N–H and O–H groups in total. The molecule has 0 aromatic rings. The van der Waals surface area contributed by atoms with Crippen LogP contribution in [0.4, 0.5) is 0 Å². The Morgan fingerprint density at radius 3 is 1.84 bits per heavy atom. The highest BCUT2D eigenvalue weighted by Gasteiger charge is 2.03. The normalized spacial score (nSPS) is 11.6. The summed E-state index contributed by atoms with van der Waals surface area (Å²) in [6, 6.07) is 0. The third-order valence-corrected chi connectivity index (χ3v) is 3.49. The number of hydrogen-bond acceptors (Lipinski definition) is 2. The van der Waals surface area contributed by atoms with Gasteiger partial charge in [-0.3, -0.25) is 0 Å². The lowest BCUT2D eigenvalue weighted by atomic mass is 10.1. The molecule has 2 nitrogen and oxygen atoms in total. The lowest BCUT2D eigenvalue weighted by Crippen LogP contribution is -2.06. The Balaban J connectivity index is 3.17. The molecule has 0 saturated heterocycles. The number of hydrogen-bond donors (Lipinski definition) is 0. The number of unbranched alkanes of at least 4 members (excludes halogenated alkanes) is 9. The largest absolute Gasteiger partial charge is 0.462 e. The van der Waals surface area contributed by atoms with Gasteiger partial charge >= 0.3 is 5.97 Å². The zero-order valence-electron chi connectivity index (χ0n) is 13.2. The van der Waals surface area contributed by atoms with Gasteiger partial charge in [-0.2, -0.15) is 0 Å². The van der Waals surface area contributed by atoms with Crippen molar-refractivity contribution in [3.8, 4) is 0 Å². The van der Waals surface area contributed by atoms with Gasteiger partial charge in [0.1, 0.15) is 0 Å². The second kappa shape index (κ2) is 13.6. The molecule has 0 bridgehead atoms. The van der Waals surface area contributed by atoms with Gasteiger partial charge in [0, 0.05) is 5.57 Å². The summed E-state index contributed by atoms with van der Waals surface area (Å²) >= 11 is 0. The van der Waals surface area contributed by atoms with E-state index in [0.29, 0.717) is 12.2 Å². The highest BCUT2D eigenvalue weighted by Crippen LogP contribution is 2.10. The minimum absolute atomic E-state index is 0.168. The van der Waals surface area contributed by atoms with Crippen molar-refractivity contribution in [1.82, 2.24) is 0 Å². The third-order valence-electron chi connectivity index (χ3n) is 3.49. The van der Waals surface area contributed by atoms with Crippen LogP contribution in [-0.4, -0.2) is 12.6 Å². The van der Waals surface area contributed by atoms with Crippen LogP contribution in [0, 0.1) is 0 Å². The second-order valence-electron chi connectivity index (χ2n) is 5.29. The maximum Gasteiger partial charge on any atom is 0.333 e. The van der Waals surface area contributed by atoms with E-state index in [0.717, 1.165) is 6.42 Å². The van der Waals surface area contributed by atoms with Gasteiger partial charge in [-0.15, -0.1) is 0 Å². The maximum absolute atomic E-state index is 11.3. The Morgan fingerprint density at radius 1 is 0.895 bits per heavy atom. The first-order valence-electron chi connectivity index (χ1n) is 8.02. The zero-order valence-corrected chi connectivity index (χ0v) is 13.2. The number of esters is 1. The molecule has 0 radical (unpaired) electrons. The molecule has 0 aromatic heterocycles. The first-order chi connectivity index (χ1) is 9.22. The van der Waals surface area contributed by atoms with Gasteiger partial charge in [0.15, 0.2) is 0 Å². The average molecular weight is 268 g/mol. The van der Waals surface area contributed by atoms with Crippen molar-refractivity contribution in [3.63, 3.8) is 0 Å². The van der Waals surface area contributed by atoms with Gasteiger partial charge in [0.05, 0.1) is 6.61 Å². The molecule has 0 rings (SSSR count). The van der Waals surface area contributed by atoms with Crippen molar-refractivity contribution in [2.24, 2.45) is 0 Å². The van der Waals surface area contributed by atoms with Gasteiger partial charge in [0.25, 0.3) is 0 Å². The predicted octanol–water partition coefficient (Wildman–Crippen LogP) is 5.42. The minimum Gasteiger partial charge on any atom is -0.462 e. The summed E-state index contributed by atoms with van der Waals surface area (Å²) < 4.78 is 5.16. The lowest BCUT2D eigenvalue weighted by molar-refractivity contribution is -0.139. The summed E-state index contributed by atoms with van der Waals surface area (Å²) in [6.45, 7) is 6.48. The maximum atomic E-state index is 11.3. The van der Waals surface area contributed by atoms with Gasteiger partial charge in [0.2, 0.25) is 0 Å². The van der Waals surface area contributed by atoms with Crippen LogP contribution in [0.5, 0.6) is 0 Å². The van der Waals surface area contributed by atoms with E-state index in [2.05, 4.69) is 6.92 Å². The monoisotopic (exact) mass is 268 g/mol. The van der Waals surface area contributed by atoms with Crippen molar-refractivity contribution in [3.05, 3.63) is 11.6 Å². The summed E-state index contributed by atoms with van der Waals surface area (Å²) in [4.78, 5) is 11.3. The molecule has 0 aliphatic carbocycles. The fraction of sp³-hybridized carbons (Fsp3) is 0.824. The molecule has 0 atom stereocenters. The molecule has 0 aliphatic heterocycles. The van der Waals surface area contributed by atoms with Crippen molar-refractivity contribution >= 4 is 5.97 Å². The molecule has 0 spiro atoms. The highest BCUT2D eigenvalue weighted by molar-refractivity contribution is 5.87. The van der Waals surface area contributed by atoms with Crippen LogP contribution in [0.2, 0.25) is 0 Å². The van der Waals surface area contributed by atoms with Crippen LogP contribution < -0.4 is 0 Å². The molecule has 0 saturated carbocycles. The SMILES string of the molecule is CC=C(C)C(=O)OCCCCCCCCCCCC. The highest BCUT2D eigenvalue weighted by atomic mass is 16.5. The quantitative estimate of drug-likeness (QED) is 0.268. The Hall–Kier alpha value is -0.790. The Bertz CT molecular complexity index is 244. The summed E-state index contributed by atoms with van der Waals surface area (Å²) in [5.41, 5.74) is 0.701. The Labute approximate surface area is 119 Å². The van der Waals surface area contributed by atoms with Crippen LogP contribution in [0.3, 0.4) is 0 Å². The molecule has 0 aliphatic rings. The summed E-state index contributed by atoms with van der Waals surface area (Å²) in [5.74, 6) is -0.168. The van der Waals surface area contributed by atoms with E-state index in [1.165, 1.54) is 57.8 Å². The Kier molecular flexibility index (Phi) is 13.1. The molecule has 112 valence electrons. The van der Waals surface area contributed by atoms with E-state index >= 15 is 0 Å². The standard InChI is InChI=1S/C17H32O2/c1-4-6-7-8-9-10-11-12-13-14-15-19-17(18)16(3)5-2/h5H,4,6-15H2,1-3H3. The van der Waals surface area contributed by atoms with E-state index in [4.69, 9.17) is 4.74 Å². The molecular weight excluding hydrogens is 236 g/mol. The predicted molar refractivity (Wildman–Crippen MR) is 82.2 cm³/mol. The summed E-state index contributed by atoms with van der Waals surface area (Å²) in [6.07, 6.45) is 14.8. The third kappa shape index (κ3) is 12.0. The number of carbonyl (C=O) groups is 1. The van der Waals surface area contributed by atoms with Crippen molar-refractivity contribution in [2.45, 2.75) is 85.0 Å². The topological polar surface area (TPSA) is 26.3 Å². The number of rotatable bonds is 12. The van der Waals surface area contributed by atoms with Crippen molar-refractivity contribution in [1.29, 1.82) is 0 Å². The van der Waals surface area contributed by atoms with Crippen molar-refractivity contribution < 1.29 is 9.53 Å². The number of allylic oxidation sites excluding steroid dienone is 1. The zero-order chi connectivity index (χ0) is 14.3. The Morgan fingerprint density at radius 2 is 1.37 bits per heavy atom. The molecule has 2 heteroatoms. The van der Waals surface area contributed by atoms with Gasteiger partial charge in [-0.05, 0) is 20.3 Å². The number of carbonyl (C=O) groups excluding carboxylic acids is 1. The molecule has 0 fully saturated rings. The van der Waals surface area contributed by atoms with Crippen LogP contribution in [0.15, 0.2) is 11.6 Å². The van der Waals surface area contributed by atoms with E-state index in [-0.39, 0.29) is 5.97 Å². The molecule has 19 heavy (non-hydrogen) atoms. The second-order valence-corrected chi connectivity index (χ2v) is 5.29. The molecule has 0 heterocycles. The first-order valence-corrected chi connectivity index (χ1v) is 8.02. The average Bonchev–Trinajstić information content (AvgIpc) is 2.43. The van der Waals surface area contributed by atoms with Crippen LogP contribution in [0.25, 0.3) is 0 Å². The minimum atomic E-state index is -0.168.